The normalized spacial score (nSPS) is 13.8. The van der Waals surface area contributed by atoms with Crippen LogP contribution >= 0.6 is 0 Å². The van der Waals surface area contributed by atoms with Gasteiger partial charge >= 0.3 is 6.03 Å². The van der Waals surface area contributed by atoms with E-state index in [1.807, 2.05) is 26.0 Å². The van der Waals surface area contributed by atoms with Crippen molar-refractivity contribution in [2.75, 3.05) is 44.0 Å². The van der Waals surface area contributed by atoms with E-state index in [1.165, 1.54) is 7.11 Å². The first-order valence-electron chi connectivity index (χ1n) is 14.9. The molecule has 3 aromatic rings. The highest BCUT2D eigenvalue weighted by Gasteiger charge is 2.20. The van der Waals surface area contributed by atoms with Crippen LogP contribution in [-0.2, 0) is 0 Å². The Morgan fingerprint density at radius 2 is 1.53 bits per heavy atom. The van der Waals surface area contributed by atoms with Crippen molar-refractivity contribution in [1.29, 1.82) is 0 Å². The summed E-state index contributed by atoms with van der Waals surface area (Å²) in [6, 6.07) is 19.2. The van der Waals surface area contributed by atoms with E-state index in [0.717, 1.165) is 44.5 Å². The Hall–Kier alpha value is -4.28. The molecule has 3 amide bonds. The number of amides is 3. The highest BCUT2D eigenvalue weighted by molar-refractivity contribution is 6.04. The van der Waals surface area contributed by atoms with Crippen LogP contribution in [0.4, 0.5) is 16.2 Å². The molecule has 43 heavy (non-hydrogen) atoms. The van der Waals surface area contributed by atoms with Gasteiger partial charge in [0.25, 0.3) is 5.91 Å². The van der Waals surface area contributed by atoms with Gasteiger partial charge in [0.1, 0.15) is 17.6 Å². The molecule has 0 unspecified atom stereocenters. The van der Waals surface area contributed by atoms with Gasteiger partial charge in [-0.25, -0.2) is 4.79 Å². The van der Waals surface area contributed by atoms with Gasteiger partial charge in [-0.2, -0.15) is 0 Å². The number of carbonyl (C=O) groups is 2. The number of anilines is 2. The SMILES string of the molecule is CCC(CC)NC(=O)Nc1ccc(Oc2ccc(NC(=O)c3ccc(OC4CCN(CCO)CC4)cc3)cc2)c(OC)c1. The highest BCUT2D eigenvalue weighted by Crippen LogP contribution is 2.34. The van der Waals surface area contributed by atoms with E-state index in [9.17, 15) is 9.59 Å². The first-order valence-corrected chi connectivity index (χ1v) is 14.9. The van der Waals surface area contributed by atoms with Crippen LogP contribution < -0.4 is 30.2 Å². The van der Waals surface area contributed by atoms with Gasteiger partial charge in [0.05, 0.1) is 13.7 Å². The fourth-order valence-corrected chi connectivity index (χ4v) is 4.88. The average molecular weight is 591 g/mol. The van der Waals surface area contributed by atoms with Gasteiger partial charge in [-0.15, -0.1) is 0 Å². The van der Waals surface area contributed by atoms with Crippen LogP contribution in [0.15, 0.2) is 66.7 Å². The maximum atomic E-state index is 12.8. The first kappa shape index (κ1) is 31.7. The third-order valence-electron chi connectivity index (χ3n) is 7.45. The minimum atomic E-state index is -0.266. The molecular weight excluding hydrogens is 548 g/mol. The number of nitrogens with zero attached hydrogens (tertiary/aromatic N) is 1. The fourth-order valence-electron chi connectivity index (χ4n) is 4.88. The van der Waals surface area contributed by atoms with Crippen molar-refractivity contribution >= 4 is 23.3 Å². The number of piperidine rings is 1. The van der Waals surface area contributed by atoms with Crippen LogP contribution in [-0.4, -0.2) is 67.4 Å². The van der Waals surface area contributed by atoms with Gasteiger partial charge in [0, 0.05) is 48.7 Å². The molecule has 1 aliphatic heterocycles. The van der Waals surface area contributed by atoms with E-state index in [0.29, 0.717) is 40.7 Å². The molecule has 0 saturated carbocycles. The van der Waals surface area contributed by atoms with E-state index in [-0.39, 0.29) is 30.7 Å². The van der Waals surface area contributed by atoms with Crippen molar-refractivity contribution in [3.05, 3.63) is 72.3 Å². The Kier molecular flexibility index (Phi) is 11.6. The lowest BCUT2D eigenvalue weighted by molar-refractivity contribution is 0.0888. The predicted molar refractivity (Wildman–Crippen MR) is 168 cm³/mol. The van der Waals surface area contributed by atoms with Crippen LogP contribution in [0, 0.1) is 0 Å². The standard InChI is InChI=1S/C33H42N4O6/c1-4-24(5-2)35-33(40)36-26-10-15-30(31(22-26)41-3)43-28-13-8-25(9-14-28)34-32(39)23-6-11-27(12-7-23)42-29-16-18-37(19-17-29)20-21-38/h6-15,22,24,29,38H,4-5,16-21H2,1-3H3,(H,34,39)(H2,35,36,40). The zero-order valence-corrected chi connectivity index (χ0v) is 25.1. The Morgan fingerprint density at radius 3 is 2.16 bits per heavy atom. The molecule has 1 saturated heterocycles. The molecule has 0 aliphatic carbocycles. The maximum Gasteiger partial charge on any atom is 0.319 e. The monoisotopic (exact) mass is 590 g/mol. The zero-order valence-electron chi connectivity index (χ0n) is 25.1. The van der Waals surface area contributed by atoms with Crippen molar-refractivity contribution in [3.8, 4) is 23.0 Å². The average Bonchev–Trinajstić information content (AvgIpc) is 3.03. The molecule has 230 valence electrons. The van der Waals surface area contributed by atoms with E-state index in [1.54, 1.807) is 54.6 Å². The molecule has 1 fully saturated rings. The second-order valence-electron chi connectivity index (χ2n) is 10.5. The summed E-state index contributed by atoms with van der Waals surface area (Å²) in [5.74, 6) is 2.03. The van der Waals surface area contributed by atoms with Crippen molar-refractivity contribution in [2.24, 2.45) is 0 Å². The summed E-state index contributed by atoms with van der Waals surface area (Å²) in [5.41, 5.74) is 1.74. The smallest absolute Gasteiger partial charge is 0.319 e. The molecule has 3 aromatic carbocycles. The van der Waals surface area contributed by atoms with E-state index >= 15 is 0 Å². The second kappa shape index (κ2) is 15.8. The van der Waals surface area contributed by atoms with Crippen LogP contribution in [0.5, 0.6) is 23.0 Å². The van der Waals surface area contributed by atoms with Gasteiger partial charge in [-0.3, -0.25) is 4.79 Å². The van der Waals surface area contributed by atoms with Crippen molar-refractivity contribution < 1.29 is 28.9 Å². The number of urea groups is 1. The third kappa shape index (κ3) is 9.36. The van der Waals surface area contributed by atoms with Crippen molar-refractivity contribution in [1.82, 2.24) is 10.2 Å². The van der Waals surface area contributed by atoms with Gasteiger partial charge < -0.3 is 40.2 Å². The minimum Gasteiger partial charge on any atom is -0.493 e. The number of rotatable bonds is 13. The Labute approximate surface area is 253 Å². The quantitative estimate of drug-likeness (QED) is 0.196. The summed E-state index contributed by atoms with van der Waals surface area (Å²) >= 11 is 0. The number of nitrogens with one attached hydrogen (secondary N) is 3. The predicted octanol–water partition coefficient (Wildman–Crippen LogP) is 5.89. The summed E-state index contributed by atoms with van der Waals surface area (Å²) in [4.78, 5) is 27.3. The maximum absolute atomic E-state index is 12.8. The molecule has 0 bridgehead atoms. The lowest BCUT2D eigenvalue weighted by Gasteiger charge is -2.31. The number of likely N-dealkylation sites (tertiary alicyclic amines) is 1. The molecular formula is C33H42N4O6. The molecule has 4 rings (SSSR count). The van der Waals surface area contributed by atoms with E-state index in [4.69, 9.17) is 19.3 Å². The molecule has 10 heteroatoms. The summed E-state index contributed by atoms with van der Waals surface area (Å²) in [5, 5.41) is 17.8. The number of β-amino-alcohol motifs (C(OH)–C–C–N with tert-alkyl or cyclic N) is 1. The van der Waals surface area contributed by atoms with E-state index in [2.05, 4.69) is 20.9 Å². The summed E-state index contributed by atoms with van der Waals surface area (Å²) in [6.07, 6.45) is 3.68. The zero-order chi connectivity index (χ0) is 30.6. The van der Waals surface area contributed by atoms with Crippen molar-refractivity contribution in [3.63, 3.8) is 0 Å². The first-order chi connectivity index (χ1) is 20.9. The molecule has 0 radical (unpaired) electrons. The van der Waals surface area contributed by atoms with E-state index < -0.39 is 0 Å². The van der Waals surface area contributed by atoms with Crippen LogP contribution in [0.1, 0.15) is 49.9 Å². The van der Waals surface area contributed by atoms with Crippen molar-refractivity contribution in [2.45, 2.75) is 51.7 Å². The summed E-state index contributed by atoms with van der Waals surface area (Å²) in [7, 11) is 1.54. The number of hydrogen-bond donors (Lipinski definition) is 4. The number of methoxy groups -OCH3 is 1. The van der Waals surface area contributed by atoms with Crippen LogP contribution in [0.3, 0.4) is 0 Å². The molecule has 4 N–H and O–H groups in total. The Balaban J connectivity index is 1.28. The number of carbonyl (C=O) groups excluding carboxylic acids is 2. The number of benzene rings is 3. The molecule has 1 heterocycles. The molecule has 0 spiro atoms. The Bertz CT molecular complexity index is 1320. The summed E-state index contributed by atoms with van der Waals surface area (Å²) < 4.78 is 17.6. The Morgan fingerprint density at radius 1 is 0.884 bits per heavy atom. The van der Waals surface area contributed by atoms with Crippen LogP contribution in [0.2, 0.25) is 0 Å². The van der Waals surface area contributed by atoms with Gasteiger partial charge in [0.2, 0.25) is 0 Å². The molecule has 10 nitrogen and oxygen atoms in total. The minimum absolute atomic E-state index is 0.120. The van der Waals surface area contributed by atoms with Crippen LogP contribution in [0.25, 0.3) is 0 Å². The lowest BCUT2D eigenvalue weighted by Crippen LogP contribution is -2.39. The molecule has 1 aliphatic rings. The third-order valence-corrected chi connectivity index (χ3v) is 7.45. The fraction of sp³-hybridized carbons (Fsp3) is 0.394. The number of aliphatic hydroxyl groups excluding tert-OH is 1. The molecule has 0 aromatic heterocycles. The largest absolute Gasteiger partial charge is 0.493 e. The second-order valence-corrected chi connectivity index (χ2v) is 10.5. The van der Waals surface area contributed by atoms with Gasteiger partial charge in [-0.05, 0) is 86.3 Å². The highest BCUT2D eigenvalue weighted by atomic mass is 16.5. The number of hydrogen-bond acceptors (Lipinski definition) is 7. The number of aliphatic hydroxyl groups is 1. The van der Waals surface area contributed by atoms with Gasteiger partial charge in [0.15, 0.2) is 11.5 Å². The number of ether oxygens (including phenoxy) is 3. The lowest BCUT2D eigenvalue weighted by atomic mass is 10.1. The molecule has 0 atom stereocenters. The van der Waals surface area contributed by atoms with Gasteiger partial charge in [-0.1, -0.05) is 13.8 Å². The topological polar surface area (TPSA) is 121 Å². The summed E-state index contributed by atoms with van der Waals surface area (Å²) in [6.45, 7) is 6.76.